The Morgan fingerprint density at radius 1 is 1.00 bits per heavy atom. The third-order valence-electron chi connectivity index (χ3n) is 6.59. The normalized spacial score (nSPS) is 35.6. The van der Waals surface area contributed by atoms with E-state index in [1.807, 2.05) is 5.57 Å². The molecule has 2 saturated carbocycles. The van der Waals surface area contributed by atoms with Crippen LogP contribution in [0, 0.1) is 11.8 Å². The van der Waals surface area contributed by atoms with Crippen molar-refractivity contribution < 1.29 is 48.0 Å². The Morgan fingerprint density at radius 2 is 1.68 bits per heavy atom. The van der Waals surface area contributed by atoms with Gasteiger partial charge in [0, 0.05) is 0 Å². The summed E-state index contributed by atoms with van der Waals surface area (Å²) >= 11 is 6.65. The molecule has 4 unspecified atom stereocenters. The first-order valence-electron chi connectivity index (χ1n) is 9.22. The smallest absolute Gasteiger partial charge is 1.00 e. The molecule has 0 aliphatic heterocycles. The van der Waals surface area contributed by atoms with Crippen molar-refractivity contribution in [2.75, 3.05) is 0 Å². The molecule has 4 rings (SSSR count). The van der Waals surface area contributed by atoms with Crippen LogP contribution in [0.5, 0.6) is 0 Å². The van der Waals surface area contributed by atoms with E-state index in [9.17, 15) is 0 Å². The van der Waals surface area contributed by atoms with Crippen molar-refractivity contribution in [2.24, 2.45) is 11.8 Å². The molecule has 0 N–H and O–H groups in total. The third kappa shape index (κ3) is 3.91. The molecule has 5 heteroatoms. The van der Waals surface area contributed by atoms with Crippen molar-refractivity contribution in [3.8, 4) is 0 Å². The van der Waals surface area contributed by atoms with Crippen LogP contribution in [0.4, 0.5) is 0 Å². The summed E-state index contributed by atoms with van der Waals surface area (Å²) in [5.41, 5.74) is 3.62. The van der Waals surface area contributed by atoms with Crippen LogP contribution in [0.1, 0.15) is 38.5 Å². The van der Waals surface area contributed by atoms with Gasteiger partial charge in [0.05, 0.1) is 0 Å². The first-order valence-corrected chi connectivity index (χ1v) is 15.9. The Hall–Kier alpha value is 0.930. The van der Waals surface area contributed by atoms with E-state index in [0.717, 1.165) is 15.5 Å². The predicted octanol–water partition coefficient (Wildman–Crippen LogP) is 0.600. The molecule has 0 heterocycles. The van der Waals surface area contributed by atoms with Gasteiger partial charge in [0.25, 0.3) is 0 Å². The van der Waals surface area contributed by atoms with E-state index in [-0.39, 0.29) is 24.8 Å². The van der Waals surface area contributed by atoms with Crippen LogP contribution in [0.25, 0.3) is 0 Å². The van der Waals surface area contributed by atoms with Crippen LogP contribution in [-0.2, 0) is 23.2 Å². The third-order valence-corrected chi connectivity index (χ3v) is 21.7. The number of rotatable bonds is 3. The molecule has 0 saturated heterocycles. The summed E-state index contributed by atoms with van der Waals surface area (Å²) in [5, 5.41) is 0. The van der Waals surface area contributed by atoms with Crippen LogP contribution in [0.15, 0.2) is 47.6 Å². The molecule has 136 valence electrons. The maximum Gasteiger partial charge on any atom is -1.00 e. The average Bonchev–Trinajstić information content (AvgIpc) is 3.11. The molecular weight excluding hydrogens is 466 g/mol. The number of halogens is 3. The Kier molecular flexibility index (Phi) is 7.57. The molecule has 4 aliphatic rings. The average molecular weight is 493 g/mol. The van der Waals surface area contributed by atoms with Crippen molar-refractivity contribution in [3.63, 3.8) is 0 Å². The first-order chi connectivity index (χ1) is 11.0. The van der Waals surface area contributed by atoms with Gasteiger partial charge < -0.3 is 24.8 Å². The van der Waals surface area contributed by atoms with Crippen LogP contribution < -0.4 is 24.8 Å². The van der Waals surface area contributed by atoms with E-state index in [0.29, 0.717) is 2.75 Å². The fourth-order valence-electron chi connectivity index (χ4n) is 5.31. The Labute approximate surface area is 182 Å². The minimum absolute atomic E-state index is 0. The van der Waals surface area contributed by atoms with E-state index in [4.69, 9.17) is 11.1 Å². The zero-order chi connectivity index (χ0) is 16.1. The summed E-state index contributed by atoms with van der Waals surface area (Å²) in [7, 11) is -1.71. The van der Waals surface area contributed by atoms with E-state index < -0.39 is 30.6 Å². The second kappa shape index (κ2) is 8.52. The van der Waals surface area contributed by atoms with Gasteiger partial charge in [0.1, 0.15) is 0 Å². The summed E-state index contributed by atoms with van der Waals surface area (Å²) in [6.07, 6.45) is 22.6. The largest absolute Gasteiger partial charge is 1.00 e. The van der Waals surface area contributed by atoms with E-state index in [2.05, 4.69) is 49.6 Å². The molecule has 25 heavy (non-hydrogen) atoms. The Bertz CT molecular complexity index is 617. The number of hydrogen-bond donors (Lipinski definition) is 0. The molecule has 0 nitrogen and oxygen atoms in total. The van der Waals surface area contributed by atoms with Gasteiger partial charge in [0.15, 0.2) is 0 Å². The molecular formula is C20H27Cl3SiZr. The van der Waals surface area contributed by atoms with Gasteiger partial charge in [-0.15, -0.1) is 0 Å². The molecule has 2 fully saturated rings. The first kappa shape index (κ1) is 22.2. The van der Waals surface area contributed by atoms with Crippen LogP contribution in [-0.4, -0.2) is 7.38 Å². The molecule has 0 aromatic carbocycles. The van der Waals surface area contributed by atoms with Crippen LogP contribution >= 0.6 is 11.1 Å². The van der Waals surface area contributed by atoms with Gasteiger partial charge in [-0.3, -0.25) is 0 Å². The van der Waals surface area contributed by atoms with Crippen LogP contribution in [0.3, 0.4) is 0 Å². The van der Waals surface area contributed by atoms with Gasteiger partial charge in [-0.2, -0.15) is 0 Å². The standard InChI is InChI=1S/C11H16ClSi.C9H11.2ClH.Zr/c1-13(2,12)11-8-7-9-5-3-4-6-10(9)11;1-2-5-9-7-3-6-8(9)4-1;;;/h3-4,6,9H,5,7-8H2,1-2H3;1-2,4,6,9H,3,5,7H2;2*1H;/q;;;;+2/p-2. The summed E-state index contributed by atoms with van der Waals surface area (Å²) in [6.45, 7) is 4.89. The zero-order valence-electron chi connectivity index (χ0n) is 15.1. The quantitative estimate of drug-likeness (QED) is 0.400. The fourth-order valence-corrected chi connectivity index (χ4v) is 17.8. The zero-order valence-corrected chi connectivity index (χ0v) is 20.8. The predicted molar refractivity (Wildman–Crippen MR) is 98.9 cm³/mol. The molecule has 4 atom stereocenters. The summed E-state index contributed by atoms with van der Waals surface area (Å²) < 4.78 is 1.44. The molecule has 0 bridgehead atoms. The van der Waals surface area contributed by atoms with Crippen molar-refractivity contribution in [1.29, 1.82) is 0 Å². The fraction of sp³-hybridized carbons (Fsp3) is 0.600. The number of hydrogen-bond acceptors (Lipinski definition) is 0. The molecule has 4 aliphatic carbocycles. The number of allylic oxidation sites excluding steroid dienone is 8. The van der Waals surface area contributed by atoms with Gasteiger partial charge in [-0.1, -0.05) is 0 Å². The van der Waals surface area contributed by atoms with E-state index >= 15 is 0 Å². The van der Waals surface area contributed by atoms with E-state index in [1.54, 1.807) is 5.57 Å². The monoisotopic (exact) mass is 490 g/mol. The maximum atomic E-state index is 7.25. The summed E-state index contributed by atoms with van der Waals surface area (Å²) in [4.78, 5) is 0. The Balaban J connectivity index is 0.00000113. The topological polar surface area (TPSA) is 0 Å². The SMILES string of the molecule is C[Si](C)(Cl)[C]1([Zr+2][CH]2CCC3CC=CC=C32)CCC2CC=CC=C21.[Cl-].[Cl-]. The molecule has 0 spiro atoms. The second-order valence-corrected chi connectivity index (χ2v) is 20.6. The van der Waals surface area contributed by atoms with E-state index in [1.165, 1.54) is 38.5 Å². The van der Waals surface area contributed by atoms with Gasteiger partial charge in [-0.25, -0.2) is 0 Å². The van der Waals surface area contributed by atoms with Crippen molar-refractivity contribution >= 4 is 18.5 Å². The summed E-state index contributed by atoms with van der Waals surface area (Å²) in [6, 6.07) is 0. The Morgan fingerprint density at radius 3 is 2.40 bits per heavy atom. The van der Waals surface area contributed by atoms with Gasteiger partial charge >= 0.3 is 159 Å². The molecule has 0 radical (unpaired) electrons. The minimum atomic E-state index is -1.71. The number of fused-ring (bicyclic) bond motifs is 2. The second-order valence-electron chi connectivity index (χ2n) is 8.20. The maximum absolute atomic E-state index is 7.25. The van der Waals surface area contributed by atoms with Crippen molar-refractivity contribution in [1.82, 2.24) is 0 Å². The summed E-state index contributed by atoms with van der Waals surface area (Å²) in [5.74, 6) is 1.70. The van der Waals surface area contributed by atoms with Gasteiger partial charge in [-0.05, 0) is 0 Å². The van der Waals surface area contributed by atoms with Crippen LogP contribution in [0.2, 0.25) is 19.5 Å². The molecule has 0 aromatic rings. The minimum Gasteiger partial charge on any atom is -1.00 e. The van der Waals surface area contributed by atoms with Crippen molar-refractivity contribution in [3.05, 3.63) is 47.6 Å². The van der Waals surface area contributed by atoms with Crippen molar-refractivity contribution in [2.45, 2.75) is 58.0 Å². The molecule has 0 amide bonds. The van der Waals surface area contributed by atoms with Gasteiger partial charge in [0.2, 0.25) is 0 Å². The molecule has 0 aromatic heterocycles.